The fourth-order valence-electron chi connectivity index (χ4n) is 2.85. The molecule has 0 aliphatic heterocycles. The Balaban J connectivity index is 1.47. The van der Waals surface area contributed by atoms with Crippen molar-refractivity contribution in [1.29, 1.82) is 0 Å². The molecule has 162 valence electrons. The fraction of sp³-hybridized carbons (Fsp3) is 0.0455. The van der Waals surface area contributed by atoms with E-state index in [4.69, 9.17) is 4.74 Å². The third-order valence-electron chi connectivity index (χ3n) is 4.45. The van der Waals surface area contributed by atoms with E-state index in [1.165, 1.54) is 36.6 Å². The number of carbonyl (C=O) groups excluding carboxylic acids is 1. The van der Waals surface area contributed by atoms with Crippen molar-refractivity contribution in [3.05, 3.63) is 84.0 Å². The van der Waals surface area contributed by atoms with Crippen molar-refractivity contribution in [3.8, 4) is 17.0 Å². The number of hydrogen-bond acceptors (Lipinski definition) is 7. The normalized spacial score (nSPS) is 11.0. The van der Waals surface area contributed by atoms with E-state index in [0.717, 1.165) is 11.3 Å². The van der Waals surface area contributed by atoms with Crippen LogP contribution in [0.2, 0.25) is 0 Å². The molecule has 0 radical (unpaired) electrons. The minimum Gasteiger partial charge on any atom is -0.497 e. The number of benzene rings is 2. The fourth-order valence-corrected chi connectivity index (χ4v) is 4.61. The Morgan fingerprint density at radius 1 is 1.03 bits per heavy atom. The van der Waals surface area contributed by atoms with Crippen LogP contribution < -0.4 is 14.8 Å². The van der Waals surface area contributed by atoms with Gasteiger partial charge in [-0.05, 0) is 54.6 Å². The Morgan fingerprint density at radius 2 is 1.78 bits per heavy atom. The molecule has 2 aromatic carbocycles. The minimum absolute atomic E-state index is 0.0829. The maximum atomic E-state index is 12.7. The van der Waals surface area contributed by atoms with Gasteiger partial charge in [-0.25, -0.2) is 13.4 Å². The Morgan fingerprint density at radius 3 is 2.50 bits per heavy atom. The number of anilines is 2. The lowest BCUT2D eigenvalue weighted by Crippen LogP contribution is -2.15. The second kappa shape index (κ2) is 9.16. The van der Waals surface area contributed by atoms with E-state index in [0.29, 0.717) is 16.4 Å². The molecule has 0 atom stereocenters. The highest BCUT2D eigenvalue weighted by atomic mass is 32.2. The number of hydrogen-bond donors (Lipinski definition) is 2. The molecule has 10 heteroatoms. The van der Waals surface area contributed by atoms with E-state index in [2.05, 4.69) is 20.0 Å². The predicted octanol–water partition coefficient (Wildman–Crippen LogP) is 4.27. The number of thiazole rings is 1. The van der Waals surface area contributed by atoms with E-state index in [1.807, 2.05) is 17.5 Å². The first-order chi connectivity index (χ1) is 15.4. The number of rotatable bonds is 7. The van der Waals surface area contributed by atoms with Gasteiger partial charge in [0.15, 0.2) is 5.13 Å². The molecule has 0 fully saturated rings. The molecule has 0 unspecified atom stereocenters. The third-order valence-corrected chi connectivity index (χ3v) is 6.60. The van der Waals surface area contributed by atoms with Crippen LogP contribution in [0.1, 0.15) is 10.4 Å². The van der Waals surface area contributed by atoms with Crippen molar-refractivity contribution in [3.63, 3.8) is 0 Å². The lowest BCUT2D eigenvalue weighted by atomic mass is 10.2. The monoisotopic (exact) mass is 466 g/mol. The van der Waals surface area contributed by atoms with Crippen LogP contribution in [0.25, 0.3) is 11.3 Å². The number of nitrogens with one attached hydrogen (secondary N) is 2. The van der Waals surface area contributed by atoms with Crippen LogP contribution in [-0.2, 0) is 10.0 Å². The molecular formula is C22H18N4O4S2. The lowest BCUT2D eigenvalue weighted by molar-refractivity contribution is 0.102. The molecular weight excluding hydrogens is 448 g/mol. The molecule has 0 bridgehead atoms. The zero-order valence-corrected chi connectivity index (χ0v) is 18.5. The van der Waals surface area contributed by atoms with Crippen molar-refractivity contribution in [2.75, 3.05) is 17.1 Å². The number of nitrogens with zero attached hydrogens (tertiary/aromatic N) is 2. The summed E-state index contributed by atoms with van der Waals surface area (Å²) in [6.07, 6.45) is 3.34. The van der Waals surface area contributed by atoms with Gasteiger partial charge in [0.1, 0.15) is 5.75 Å². The maximum Gasteiger partial charge on any atom is 0.261 e. The van der Waals surface area contributed by atoms with Gasteiger partial charge in [0.05, 0.1) is 17.7 Å². The summed E-state index contributed by atoms with van der Waals surface area (Å²) in [4.78, 5) is 21.2. The van der Waals surface area contributed by atoms with Gasteiger partial charge >= 0.3 is 0 Å². The lowest BCUT2D eigenvalue weighted by Gasteiger charge is -2.10. The maximum absolute atomic E-state index is 12.7. The Kier molecular flexibility index (Phi) is 6.15. The van der Waals surface area contributed by atoms with Gasteiger partial charge in [0, 0.05) is 34.6 Å². The van der Waals surface area contributed by atoms with Gasteiger partial charge in [0.2, 0.25) is 0 Å². The van der Waals surface area contributed by atoms with Crippen LogP contribution in [0.5, 0.6) is 5.75 Å². The second-order valence-electron chi connectivity index (χ2n) is 6.59. The van der Waals surface area contributed by atoms with E-state index >= 15 is 0 Å². The molecule has 0 saturated carbocycles. The molecule has 0 aliphatic carbocycles. The van der Waals surface area contributed by atoms with E-state index in [1.54, 1.807) is 42.7 Å². The van der Waals surface area contributed by atoms with Crippen LogP contribution in [0.15, 0.2) is 83.3 Å². The first-order valence-corrected chi connectivity index (χ1v) is 11.7. The summed E-state index contributed by atoms with van der Waals surface area (Å²) in [6, 6.07) is 15.9. The highest BCUT2D eigenvalue weighted by Gasteiger charge is 2.16. The molecule has 32 heavy (non-hydrogen) atoms. The van der Waals surface area contributed by atoms with Crippen LogP contribution in [0.4, 0.5) is 10.8 Å². The van der Waals surface area contributed by atoms with Crippen molar-refractivity contribution >= 4 is 38.1 Å². The molecule has 0 aliphatic rings. The van der Waals surface area contributed by atoms with Crippen molar-refractivity contribution in [2.24, 2.45) is 0 Å². The van der Waals surface area contributed by atoms with E-state index in [-0.39, 0.29) is 10.6 Å². The van der Waals surface area contributed by atoms with Gasteiger partial charge < -0.3 is 4.74 Å². The minimum atomic E-state index is -3.82. The molecule has 4 aromatic rings. The number of carbonyl (C=O) groups is 1. The summed E-state index contributed by atoms with van der Waals surface area (Å²) < 4.78 is 32.8. The Hall–Kier alpha value is -3.76. The van der Waals surface area contributed by atoms with Crippen molar-refractivity contribution in [2.45, 2.75) is 4.90 Å². The highest BCUT2D eigenvalue weighted by molar-refractivity contribution is 7.92. The van der Waals surface area contributed by atoms with E-state index < -0.39 is 15.9 Å². The second-order valence-corrected chi connectivity index (χ2v) is 9.13. The van der Waals surface area contributed by atoms with Gasteiger partial charge in [-0.15, -0.1) is 11.3 Å². The summed E-state index contributed by atoms with van der Waals surface area (Å²) >= 11 is 1.30. The van der Waals surface area contributed by atoms with Gasteiger partial charge in [-0.2, -0.15) is 0 Å². The van der Waals surface area contributed by atoms with Gasteiger partial charge in [-0.1, -0.05) is 6.07 Å². The van der Waals surface area contributed by atoms with Crippen molar-refractivity contribution in [1.82, 2.24) is 9.97 Å². The average molecular weight is 467 g/mol. The number of methoxy groups -OCH3 is 1. The Labute approximate surface area is 189 Å². The number of aromatic nitrogens is 2. The summed E-state index contributed by atoms with van der Waals surface area (Å²) in [5.41, 5.74) is 2.19. The number of sulfonamides is 1. The summed E-state index contributed by atoms with van der Waals surface area (Å²) in [7, 11) is -2.32. The smallest absolute Gasteiger partial charge is 0.261 e. The van der Waals surface area contributed by atoms with Crippen LogP contribution >= 0.6 is 11.3 Å². The SMILES string of the molecule is COc1ccc(S(=O)(=O)Nc2cccc(C(=O)Nc3nc(-c4ccncc4)cs3)c2)cc1. The molecule has 2 N–H and O–H groups in total. The number of pyridine rings is 1. The average Bonchev–Trinajstić information content (AvgIpc) is 3.28. The molecule has 1 amide bonds. The highest BCUT2D eigenvalue weighted by Crippen LogP contribution is 2.25. The predicted molar refractivity (Wildman–Crippen MR) is 124 cm³/mol. The third kappa shape index (κ3) is 4.93. The zero-order valence-electron chi connectivity index (χ0n) is 16.8. The van der Waals surface area contributed by atoms with E-state index in [9.17, 15) is 13.2 Å². The topological polar surface area (TPSA) is 110 Å². The molecule has 2 aromatic heterocycles. The molecule has 0 spiro atoms. The standard InChI is InChI=1S/C22H18N4O4S2/c1-30-18-5-7-19(8-6-18)32(28,29)26-17-4-2-3-16(13-17)21(27)25-22-24-20(14-31-22)15-9-11-23-12-10-15/h2-14,26H,1H3,(H,24,25,27). The van der Waals surface area contributed by atoms with Gasteiger partial charge in [0.25, 0.3) is 15.9 Å². The van der Waals surface area contributed by atoms with Crippen molar-refractivity contribution < 1.29 is 17.9 Å². The van der Waals surface area contributed by atoms with Crippen LogP contribution in [0, 0.1) is 0 Å². The Bertz CT molecular complexity index is 1340. The molecule has 4 rings (SSSR count). The summed E-state index contributed by atoms with van der Waals surface area (Å²) in [5, 5.41) is 5.02. The first kappa shape index (κ1) is 21.5. The number of ether oxygens (including phenoxy) is 1. The quantitative estimate of drug-likeness (QED) is 0.421. The largest absolute Gasteiger partial charge is 0.497 e. The first-order valence-electron chi connectivity index (χ1n) is 9.39. The molecule has 0 saturated heterocycles. The zero-order chi connectivity index (χ0) is 22.6. The summed E-state index contributed by atoms with van der Waals surface area (Å²) in [5.74, 6) is 0.156. The molecule has 8 nitrogen and oxygen atoms in total. The molecule has 2 heterocycles. The number of amides is 1. The summed E-state index contributed by atoms with van der Waals surface area (Å²) in [6.45, 7) is 0. The van der Waals surface area contributed by atoms with Gasteiger partial charge in [-0.3, -0.25) is 19.8 Å². The van der Waals surface area contributed by atoms with Crippen LogP contribution in [0.3, 0.4) is 0 Å². The van der Waals surface area contributed by atoms with Crippen LogP contribution in [-0.4, -0.2) is 31.4 Å².